The fraction of sp³-hybridized carbons (Fsp3) is 0.938. The maximum absolute atomic E-state index is 12.1. The van der Waals surface area contributed by atoms with Gasteiger partial charge in [-0.25, -0.2) is 4.79 Å². The number of piperidine rings is 1. The van der Waals surface area contributed by atoms with Crippen molar-refractivity contribution in [1.29, 1.82) is 0 Å². The van der Waals surface area contributed by atoms with Gasteiger partial charge in [0.2, 0.25) is 0 Å². The summed E-state index contributed by atoms with van der Waals surface area (Å²) in [5.74, 6) is 0. The first-order chi connectivity index (χ1) is 9.82. The summed E-state index contributed by atoms with van der Waals surface area (Å²) < 4.78 is 16.8. The Morgan fingerprint density at radius 2 is 1.76 bits per heavy atom. The molecule has 0 spiro atoms. The molecule has 0 atom stereocenters. The standard InChI is InChI=1S/C16H31NO4/c1-6-16(20-13-12-19-7-2)8-10-17(11-9-16)14(18)21-15(3,4)5/h6-13H2,1-5H3. The minimum absolute atomic E-state index is 0.115. The summed E-state index contributed by atoms with van der Waals surface area (Å²) in [4.78, 5) is 13.8. The molecular weight excluding hydrogens is 270 g/mol. The summed E-state index contributed by atoms with van der Waals surface area (Å²) in [5.41, 5.74) is -0.556. The lowest BCUT2D eigenvalue weighted by Gasteiger charge is -2.41. The third-order valence-electron chi connectivity index (χ3n) is 3.81. The Kier molecular flexibility index (Phi) is 6.94. The number of amides is 1. The predicted molar refractivity (Wildman–Crippen MR) is 82.5 cm³/mol. The van der Waals surface area contributed by atoms with E-state index in [1.165, 1.54) is 0 Å². The zero-order valence-corrected chi connectivity index (χ0v) is 14.2. The average Bonchev–Trinajstić information content (AvgIpc) is 2.42. The minimum atomic E-state index is -0.440. The van der Waals surface area contributed by atoms with Crippen LogP contribution in [-0.2, 0) is 14.2 Å². The third-order valence-corrected chi connectivity index (χ3v) is 3.81. The highest BCUT2D eigenvalue weighted by Crippen LogP contribution is 2.30. The molecule has 124 valence electrons. The van der Waals surface area contributed by atoms with E-state index in [4.69, 9.17) is 14.2 Å². The van der Waals surface area contributed by atoms with Crippen LogP contribution >= 0.6 is 0 Å². The van der Waals surface area contributed by atoms with Gasteiger partial charge in [0.25, 0.3) is 0 Å². The van der Waals surface area contributed by atoms with E-state index >= 15 is 0 Å². The monoisotopic (exact) mass is 301 g/mol. The molecule has 1 rings (SSSR count). The molecule has 0 unspecified atom stereocenters. The lowest BCUT2D eigenvalue weighted by atomic mass is 9.88. The highest BCUT2D eigenvalue weighted by Gasteiger charge is 2.36. The number of carbonyl (C=O) groups is 1. The van der Waals surface area contributed by atoms with Crippen LogP contribution in [0.1, 0.15) is 53.9 Å². The van der Waals surface area contributed by atoms with Crippen LogP contribution in [0.2, 0.25) is 0 Å². The number of nitrogens with zero attached hydrogens (tertiary/aromatic N) is 1. The normalized spacial score (nSPS) is 18.6. The van der Waals surface area contributed by atoms with Crippen molar-refractivity contribution >= 4 is 6.09 Å². The molecule has 0 N–H and O–H groups in total. The van der Waals surface area contributed by atoms with E-state index in [2.05, 4.69) is 6.92 Å². The van der Waals surface area contributed by atoms with E-state index in [9.17, 15) is 4.79 Å². The van der Waals surface area contributed by atoms with Crippen LogP contribution in [0.4, 0.5) is 4.79 Å². The van der Waals surface area contributed by atoms with Crippen LogP contribution in [-0.4, -0.2) is 55.1 Å². The number of carbonyl (C=O) groups excluding carboxylic acids is 1. The molecule has 0 saturated carbocycles. The number of likely N-dealkylation sites (tertiary alicyclic amines) is 1. The number of hydrogen-bond acceptors (Lipinski definition) is 4. The molecule has 0 bridgehead atoms. The molecule has 1 fully saturated rings. The third kappa shape index (κ3) is 6.22. The molecule has 1 aliphatic heterocycles. The Morgan fingerprint density at radius 1 is 1.14 bits per heavy atom. The van der Waals surface area contributed by atoms with E-state index in [0.717, 1.165) is 25.9 Å². The average molecular weight is 301 g/mol. The van der Waals surface area contributed by atoms with Crippen molar-refractivity contribution in [1.82, 2.24) is 4.90 Å². The van der Waals surface area contributed by atoms with Crippen LogP contribution in [0.3, 0.4) is 0 Å². The van der Waals surface area contributed by atoms with Gasteiger partial charge in [0.1, 0.15) is 5.60 Å². The molecule has 1 aliphatic rings. The van der Waals surface area contributed by atoms with Gasteiger partial charge in [-0.15, -0.1) is 0 Å². The summed E-state index contributed by atoms with van der Waals surface area (Å²) >= 11 is 0. The van der Waals surface area contributed by atoms with Gasteiger partial charge in [-0.3, -0.25) is 0 Å². The Labute approximate surface area is 128 Å². The molecule has 5 heteroatoms. The highest BCUT2D eigenvalue weighted by molar-refractivity contribution is 5.68. The van der Waals surface area contributed by atoms with Gasteiger partial charge in [0.15, 0.2) is 0 Å². The van der Waals surface area contributed by atoms with Crippen molar-refractivity contribution in [3.63, 3.8) is 0 Å². The minimum Gasteiger partial charge on any atom is -0.444 e. The summed E-state index contributed by atoms with van der Waals surface area (Å²) in [7, 11) is 0. The lowest BCUT2D eigenvalue weighted by Crippen LogP contribution is -2.49. The van der Waals surface area contributed by atoms with Crippen LogP contribution in [0, 0.1) is 0 Å². The molecule has 5 nitrogen and oxygen atoms in total. The first-order valence-corrected chi connectivity index (χ1v) is 8.01. The van der Waals surface area contributed by atoms with Crippen molar-refractivity contribution in [2.75, 3.05) is 32.9 Å². The fourth-order valence-corrected chi connectivity index (χ4v) is 2.48. The molecule has 1 heterocycles. The summed E-state index contributed by atoms with van der Waals surface area (Å²) in [5, 5.41) is 0. The Hall–Kier alpha value is -0.810. The largest absolute Gasteiger partial charge is 0.444 e. The van der Waals surface area contributed by atoms with Gasteiger partial charge >= 0.3 is 6.09 Å². The second kappa shape index (κ2) is 7.99. The molecule has 0 aromatic rings. The van der Waals surface area contributed by atoms with Crippen LogP contribution in [0.5, 0.6) is 0 Å². The molecule has 0 radical (unpaired) electrons. The van der Waals surface area contributed by atoms with Crippen LogP contribution in [0.25, 0.3) is 0 Å². The molecule has 1 saturated heterocycles. The van der Waals surface area contributed by atoms with Crippen LogP contribution in [0.15, 0.2) is 0 Å². The molecule has 0 aliphatic carbocycles. The smallest absolute Gasteiger partial charge is 0.410 e. The van der Waals surface area contributed by atoms with E-state index in [0.29, 0.717) is 26.3 Å². The number of hydrogen-bond donors (Lipinski definition) is 0. The zero-order chi connectivity index (χ0) is 15.9. The zero-order valence-electron chi connectivity index (χ0n) is 14.2. The van der Waals surface area contributed by atoms with Crippen molar-refractivity contribution in [3.8, 4) is 0 Å². The molecule has 0 aromatic carbocycles. The maximum Gasteiger partial charge on any atom is 0.410 e. The predicted octanol–water partition coefficient (Wildman–Crippen LogP) is 3.22. The second-order valence-electron chi connectivity index (χ2n) is 6.55. The molecule has 0 aromatic heterocycles. The lowest BCUT2D eigenvalue weighted by molar-refractivity contribution is -0.1000. The second-order valence-corrected chi connectivity index (χ2v) is 6.55. The van der Waals surface area contributed by atoms with Gasteiger partial charge in [-0.2, -0.15) is 0 Å². The molecular formula is C16H31NO4. The first kappa shape index (κ1) is 18.2. The van der Waals surface area contributed by atoms with Crippen molar-refractivity contribution in [2.45, 2.75) is 65.1 Å². The summed E-state index contributed by atoms with van der Waals surface area (Å²) in [6.07, 6.45) is 2.45. The van der Waals surface area contributed by atoms with Crippen molar-refractivity contribution in [2.24, 2.45) is 0 Å². The fourth-order valence-electron chi connectivity index (χ4n) is 2.48. The van der Waals surface area contributed by atoms with E-state index in [1.807, 2.05) is 27.7 Å². The highest BCUT2D eigenvalue weighted by atomic mass is 16.6. The van der Waals surface area contributed by atoms with E-state index in [1.54, 1.807) is 4.90 Å². The van der Waals surface area contributed by atoms with Gasteiger partial charge < -0.3 is 19.1 Å². The van der Waals surface area contributed by atoms with Crippen molar-refractivity contribution in [3.05, 3.63) is 0 Å². The van der Waals surface area contributed by atoms with Gasteiger partial charge in [-0.05, 0) is 47.0 Å². The number of ether oxygens (including phenoxy) is 3. The first-order valence-electron chi connectivity index (χ1n) is 8.01. The van der Waals surface area contributed by atoms with Crippen LogP contribution < -0.4 is 0 Å². The Balaban J connectivity index is 2.42. The quantitative estimate of drug-likeness (QED) is 0.707. The van der Waals surface area contributed by atoms with E-state index in [-0.39, 0.29) is 11.7 Å². The van der Waals surface area contributed by atoms with Gasteiger partial charge in [0.05, 0.1) is 18.8 Å². The number of rotatable bonds is 6. The molecule has 1 amide bonds. The SMILES string of the molecule is CCOCCOC1(CC)CCN(C(=O)OC(C)(C)C)CC1. The Bertz CT molecular complexity index is 317. The summed E-state index contributed by atoms with van der Waals surface area (Å²) in [6.45, 7) is 13.1. The van der Waals surface area contributed by atoms with E-state index < -0.39 is 5.60 Å². The molecule has 21 heavy (non-hydrogen) atoms. The van der Waals surface area contributed by atoms with Gasteiger partial charge in [0, 0.05) is 19.7 Å². The van der Waals surface area contributed by atoms with Gasteiger partial charge in [-0.1, -0.05) is 6.92 Å². The van der Waals surface area contributed by atoms with Crippen molar-refractivity contribution < 1.29 is 19.0 Å². The topological polar surface area (TPSA) is 48.0 Å². The summed E-state index contributed by atoms with van der Waals surface area (Å²) in [6, 6.07) is 0. The maximum atomic E-state index is 12.1. The Morgan fingerprint density at radius 3 is 2.24 bits per heavy atom.